The number of carbonyl (C=O) groups excluding carboxylic acids is 1. The van der Waals surface area contributed by atoms with Crippen LogP contribution < -0.4 is 20.7 Å². The summed E-state index contributed by atoms with van der Waals surface area (Å²) in [5.41, 5.74) is 2.21. The van der Waals surface area contributed by atoms with Gasteiger partial charge in [-0.2, -0.15) is 0 Å². The van der Waals surface area contributed by atoms with Crippen LogP contribution >= 0.6 is 24.0 Å². The van der Waals surface area contributed by atoms with Gasteiger partial charge >= 0.3 is 0 Å². The molecule has 0 heterocycles. The quantitative estimate of drug-likeness (QED) is 0.241. The molecular weight excluding hydrogens is 431 g/mol. The predicted molar refractivity (Wildman–Crippen MR) is 112 cm³/mol. The fourth-order valence-corrected chi connectivity index (χ4v) is 2.34. The van der Waals surface area contributed by atoms with Gasteiger partial charge in [0.15, 0.2) is 5.96 Å². The number of nitrogens with one attached hydrogen (secondary N) is 3. The van der Waals surface area contributed by atoms with Crippen LogP contribution in [0.3, 0.4) is 0 Å². The molecule has 1 amide bonds. The van der Waals surface area contributed by atoms with Gasteiger partial charge in [-0.05, 0) is 38.3 Å². The fourth-order valence-electron chi connectivity index (χ4n) is 2.34. The number of benzene rings is 1. The van der Waals surface area contributed by atoms with Gasteiger partial charge in [0.05, 0.1) is 13.7 Å². The van der Waals surface area contributed by atoms with Crippen molar-refractivity contribution in [2.45, 2.75) is 33.2 Å². The van der Waals surface area contributed by atoms with Gasteiger partial charge in [-0.3, -0.25) is 4.79 Å². The SMILES string of the molecule is CCNC(=NCc1ccc(C)cc1OC)NCCNC(=O)C1CC1.I. The molecule has 0 atom stereocenters. The van der Waals surface area contributed by atoms with Crippen LogP contribution in [0.5, 0.6) is 5.75 Å². The number of ether oxygens (including phenoxy) is 1. The number of nitrogens with zero attached hydrogens (tertiary/aromatic N) is 1. The van der Waals surface area contributed by atoms with Gasteiger partial charge in [0, 0.05) is 31.1 Å². The van der Waals surface area contributed by atoms with E-state index in [-0.39, 0.29) is 35.8 Å². The van der Waals surface area contributed by atoms with E-state index in [0.717, 1.165) is 42.2 Å². The zero-order chi connectivity index (χ0) is 17.4. The molecule has 3 N–H and O–H groups in total. The van der Waals surface area contributed by atoms with Gasteiger partial charge in [-0.1, -0.05) is 12.1 Å². The molecule has 1 aromatic carbocycles. The summed E-state index contributed by atoms with van der Waals surface area (Å²) in [7, 11) is 1.67. The summed E-state index contributed by atoms with van der Waals surface area (Å²) < 4.78 is 5.41. The largest absolute Gasteiger partial charge is 0.496 e. The molecule has 0 spiro atoms. The van der Waals surface area contributed by atoms with Crippen LogP contribution in [0.4, 0.5) is 0 Å². The topological polar surface area (TPSA) is 74.8 Å². The van der Waals surface area contributed by atoms with Gasteiger partial charge < -0.3 is 20.7 Å². The Balaban J connectivity index is 0.00000312. The maximum Gasteiger partial charge on any atom is 0.223 e. The van der Waals surface area contributed by atoms with E-state index in [0.29, 0.717) is 19.6 Å². The minimum Gasteiger partial charge on any atom is -0.496 e. The number of methoxy groups -OCH3 is 1. The smallest absolute Gasteiger partial charge is 0.223 e. The molecule has 7 heteroatoms. The van der Waals surface area contributed by atoms with E-state index in [1.165, 1.54) is 0 Å². The van der Waals surface area contributed by atoms with Gasteiger partial charge in [0.2, 0.25) is 5.91 Å². The first-order chi connectivity index (χ1) is 11.6. The second-order valence-electron chi connectivity index (χ2n) is 6.00. The van der Waals surface area contributed by atoms with Crippen molar-refractivity contribution in [1.29, 1.82) is 0 Å². The van der Waals surface area contributed by atoms with E-state index in [1.807, 2.05) is 26.0 Å². The summed E-state index contributed by atoms with van der Waals surface area (Å²) in [6.45, 7) is 6.64. The highest BCUT2D eigenvalue weighted by molar-refractivity contribution is 14.0. The van der Waals surface area contributed by atoms with E-state index in [9.17, 15) is 4.79 Å². The minimum atomic E-state index is 0. The normalized spacial score (nSPS) is 13.6. The van der Waals surface area contributed by atoms with Crippen LogP contribution in [0.1, 0.15) is 30.9 Å². The van der Waals surface area contributed by atoms with E-state index < -0.39 is 0 Å². The summed E-state index contributed by atoms with van der Waals surface area (Å²) in [6, 6.07) is 6.11. The lowest BCUT2D eigenvalue weighted by molar-refractivity contribution is -0.122. The summed E-state index contributed by atoms with van der Waals surface area (Å²) in [5.74, 6) is 2.01. The lowest BCUT2D eigenvalue weighted by Gasteiger charge is -2.13. The van der Waals surface area contributed by atoms with Gasteiger partial charge in [0.25, 0.3) is 0 Å². The van der Waals surface area contributed by atoms with Crippen molar-refractivity contribution in [2.24, 2.45) is 10.9 Å². The Morgan fingerprint density at radius 2 is 1.96 bits per heavy atom. The van der Waals surface area contributed by atoms with Crippen molar-refractivity contribution < 1.29 is 9.53 Å². The number of amides is 1. The minimum absolute atomic E-state index is 0. The van der Waals surface area contributed by atoms with Crippen LogP contribution in [0.2, 0.25) is 0 Å². The number of rotatable bonds is 8. The van der Waals surface area contributed by atoms with E-state index in [1.54, 1.807) is 7.11 Å². The zero-order valence-electron chi connectivity index (χ0n) is 15.2. The van der Waals surface area contributed by atoms with Crippen molar-refractivity contribution in [3.8, 4) is 5.75 Å². The number of aliphatic imine (C=N–C) groups is 1. The van der Waals surface area contributed by atoms with E-state index >= 15 is 0 Å². The Labute approximate surface area is 167 Å². The summed E-state index contributed by atoms with van der Waals surface area (Å²) in [5, 5.41) is 9.38. The van der Waals surface area contributed by atoms with Crippen LogP contribution in [-0.4, -0.2) is 38.6 Å². The number of hydrogen-bond donors (Lipinski definition) is 3. The van der Waals surface area contributed by atoms with Gasteiger partial charge in [0.1, 0.15) is 5.75 Å². The van der Waals surface area contributed by atoms with Crippen molar-refractivity contribution >= 4 is 35.8 Å². The number of guanidine groups is 1. The Morgan fingerprint density at radius 1 is 1.24 bits per heavy atom. The van der Waals surface area contributed by atoms with Gasteiger partial charge in [-0.25, -0.2) is 4.99 Å². The number of halogens is 1. The summed E-state index contributed by atoms with van der Waals surface area (Å²) >= 11 is 0. The molecule has 0 aliphatic heterocycles. The molecule has 0 unspecified atom stereocenters. The Kier molecular flexibility index (Phi) is 9.62. The number of aryl methyl sites for hydroxylation is 1. The average Bonchev–Trinajstić information content (AvgIpc) is 3.41. The Bertz CT molecular complexity index is 588. The molecule has 1 fully saturated rings. The molecule has 0 aromatic heterocycles. The molecule has 0 radical (unpaired) electrons. The summed E-state index contributed by atoms with van der Waals surface area (Å²) in [6.07, 6.45) is 2.06. The second-order valence-corrected chi connectivity index (χ2v) is 6.00. The summed E-state index contributed by atoms with van der Waals surface area (Å²) in [4.78, 5) is 16.2. The number of carbonyl (C=O) groups is 1. The lowest BCUT2D eigenvalue weighted by Crippen LogP contribution is -2.41. The first-order valence-corrected chi connectivity index (χ1v) is 8.57. The second kappa shape index (κ2) is 11.2. The molecule has 2 rings (SSSR count). The molecule has 0 saturated heterocycles. The van der Waals surface area contributed by atoms with Crippen LogP contribution in [0.15, 0.2) is 23.2 Å². The number of hydrogen-bond acceptors (Lipinski definition) is 3. The first-order valence-electron chi connectivity index (χ1n) is 8.57. The Hall–Kier alpha value is -1.51. The molecule has 25 heavy (non-hydrogen) atoms. The predicted octanol–water partition coefficient (Wildman–Crippen LogP) is 2.20. The molecule has 1 saturated carbocycles. The lowest BCUT2D eigenvalue weighted by atomic mass is 10.1. The third-order valence-corrected chi connectivity index (χ3v) is 3.86. The van der Waals surface area contributed by atoms with Crippen LogP contribution in [0.25, 0.3) is 0 Å². The highest BCUT2D eigenvalue weighted by Crippen LogP contribution is 2.28. The molecule has 1 aliphatic carbocycles. The molecule has 1 aromatic rings. The third-order valence-electron chi connectivity index (χ3n) is 3.86. The Morgan fingerprint density at radius 3 is 2.60 bits per heavy atom. The molecule has 1 aliphatic rings. The molecular formula is C18H29IN4O2. The highest BCUT2D eigenvalue weighted by Gasteiger charge is 2.28. The molecule has 0 bridgehead atoms. The van der Waals surface area contributed by atoms with Crippen LogP contribution in [0, 0.1) is 12.8 Å². The van der Waals surface area contributed by atoms with E-state index in [4.69, 9.17) is 4.74 Å². The van der Waals surface area contributed by atoms with Crippen molar-refractivity contribution in [3.05, 3.63) is 29.3 Å². The maximum atomic E-state index is 11.6. The first kappa shape index (κ1) is 21.5. The molecule has 6 nitrogen and oxygen atoms in total. The monoisotopic (exact) mass is 460 g/mol. The van der Waals surface area contributed by atoms with Crippen molar-refractivity contribution in [2.75, 3.05) is 26.7 Å². The van der Waals surface area contributed by atoms with E-state index in [2.05, 4.69) is 27.0 Å². The third kappa shape index (κ3) is 7.50. The standard InChI is InChI=1S/C18H28N4O2.HI/c1-4-19-18(21-10-9-20-17(23)14-7-8-14)22-12-15-6-5-13(2)11-16(15)24-3;/h5-6,11,14H,4,7-10,12H2,1-3H3,(H,20,23)(H2,19,21,22);1H. The zero-order valence-corrected chi connectivity index (χ0v) is 17.6. The highest BCUT2D eigenvalue weighted by atomic mass is 127. The molecule has 140 valence electrons. The fraction of sp³-hybridized carbons (Fsp3) is 0.556. The van der Waals surface area contributed by atoms with Gasteiger partial charge in [-0.15, -0.1) is 24.0 Å². The van der Waals surface area contributed by atoms with Crippen molar-refractivity contribution in [1.82, 2.24) is 16.0 Å². The van der Waals surface area contributed by atoms with Crippen LogP contribution in [-0.2, 0) is 11.3 Å². The average molecular weight is 460 g/mol. The maximum absolute atomic E-state index is 11.6. The van der Waals surface area contributed by atoms with Crippen molar-refractivity contribution in [3.63, 3.8) is 0 Å².